The highest BCUT2D eigenvalue weighted by atomic mass is 35.5. The van der Waals surface area contributed by atoms with E-state index in [2.05, 4.69) is 17.4 Å². The number of nitrogens with one attached hydrogen (secondary N) is 1. The van der Waals surface area contributed by atoms with Gasteiger partial charge in [0.15, 0.2) is 0 Å². The molecule has 3 aromatic carbocycles. The Labute approximate surface area is 201 Å². The van der Waals surface area contributed by atoms with Crippen LogP contribution in [0, 0.1) is 27.7 Å². The lowest BCUT2D eigenvalue weighted by Gasteiger charge is -2.26. The number of halogens is 1. The molecule has 0 aliphatic heterocycles. The van der Waals surface area contributed by atoms with Gasteiger partial charge in [-0.05, 0) is 81.1 Å². The Morgan fingerprint density at radius 2 is 1.55 bits per heavy atom. The van der Waals surface area contributed by atoms with Crippen LogP contribution in [0.2, 0.25) is 5.02 Å². The molecule has 0 saturated heterocycles. The largest absolute Gasteiger partial charge is 0.348 e. The smallest absolute Gasteiger partial charge is 0.264 e. The van der Waals surface area contributed by atoms with E-state index in [-0.39, 0.29) is 21.6 Å². The minimum Gasteiger partial charge on any atom is -0.348 e. The van der Waals surface area contributed by atoms with Crippen molar-refractivity contribution >= 4 is 33.2 Å². The summed E-state index contributed by atoms with van der Waals surface area (Å²) in [6.07, 6.45) is 0. The number of hydrogen-bond acceptors (Lipinski definition) is 3. The second kappa shape index (κ2) is 9.98. The molecule has 33 heavy (non-hydrogen) atoms. The van der Waals surface area contributed by atoms with Crippen LogP contribution in [-0.4, -0.2) is 20.9 Å². The molecule has 0 heterocycles. The zero-order chi connectivity index (χ0) is 24.3. The fourth-order valence-corrected chi connectivity index (χ4v) is 5.46. The Morgan fingerprint density at radius 3 is 2.18 bits per heavy atom. The summed E-state index contributed by atoms with van der Waals surface area (Å²) in [5.74, 6) is -0.421. The van der Waals surface area contributed by atoms with Gasteiger partial charge in [-0.25, -0.2) is 8.42 Å². The third-order valence-electron chi connectivity index (χ3n) is 5.74. The number of carbonyl (C=O) groups excluding carboxylic acids is 1. The fraction of sp³-hybridized carbons (Fsp3) is 0.269. The van der Waals surface area contributed by atoms with E-state index in [4.69, 9.17) is 11.6 Å². The van der Waals surface area contributed by atoms with Crippen molar-refractivity contribution in [3.05, 3.63) is 93.5 Å². The van der Waals surface area contributed by atoms with Crippen molar-refractivity contribution in [2.45, 2.75) is 45.6 Å². The molecule has 0 bridgehead atoms. The van der Waals surface area contributed by atoms with Crippen molar-refractivity contribution < 1.29 is 13.2 Å². The molecule has 5 nitrogen and oxygen atoms in total. The third-order valence-corrected chi connectivity index (χ3v) is 7.84. The summed E-state index contributed by atoms with van der Waals surface area (Å²) < 4.78 is 28.1. The maximum absolute atomic E-state index is 13.5. The average Bonchev–Trinajstić information content (AvgIpc) is 2.75. The van der Waals surface area contributed by atoms with Gasteiger partial charge in [0.25, 0.3) is 10.0 Å². The van der Waals surface area contributed by atoms with Gasteiger partial charge in [-0.2, -0.15) is 0 Å². The monoisotopic (exact) mass is 484 g/mol. The van der Waals surface area contributed by atoms with Crippen molar-refractivity contribution in [2.75, 3.05) is 10.8 Å². The number of carbonyl (C=O) groups is 1. The molecule has 0 spiro atoms. The maximum Gasteiger partial charge on any atom is 0.264 e. The van der Waals surface area contributed by atoms with E-state index < -0.39 is 22.5 Å². The topological polar surface area (TPSA) is 66.5 Å². The SMILES string of the molecule is Cc1ccc(S(=O)(=O)N(CC(=O)N[C@@H](C)c2cc(C)c(C)cc2C)c2ccccc2Cl)cc1. The van der Waals surface area contributed by atoms with Crippen LogP contribution in [-0.2, 0) is 14.8 Å². The number of rotatable bonds is 7. The zero-order valence-corrected chi connectivity index (χ0v) is 21.1. The first-order chi connectivity index (χ1) is 15.5. The van der Waals surface area contributed by atoms with Crippen LogP contribution in [0.25, 0.3) is 0 Å². The quantitative estimate of drug-likeness (QED) is 0.471. The number of nitrogens with zero attached hydrogens (tertiary/aromatic N) is 1. The average molecular weight is 485 g/mol. The summed E-state index contributed by atoms with van der Waals surface area (Å²) >= 11 is 6.34. The highest BCUT2D eigenvalue weighted by Gasteiger charge is 2.29. The van der Waals surface area contributed by atoms with Crippen LogP contribution in [0.3, 0.4) is 0 Å². The second-order valence-electron chi connectivity index (χ2n) is 8.36. The summed E-state index contributed by atoms with van der Waals surface area (Å²) in [6, 6.07) is 17.0. The lowest BCUT2D eigenvalue weighted by atomic mass is 9.96. The van der Waals surface area contributed by atoms with E-state index in [0.29, 0.717) is 0 Å². The van der Waals surface area contributed by atoms with E-state index in [0.717, 1.165) is 26.6 Å². The van der Waals surface area contributed by atoms with Gasteiger partial charge in [-0.3, -0.25) is 9.10 Å². The normalized spacial score (nSPS) is 12.3. The number of sulfonamides is 1. The molecule has 1 N–H and O–H groups in total. The number of para-hydroxylation sites is 1. The molecule has 3 rings (SSSR count). The summed E-state index contributed by atoms with van der Waals surface area (Å²) in [5, 5.41) is 3.20. The van der Waals surface area contributed by atoms with Gasteiger partial charge in [0, 0.05) is 0 Å². The summed E-state index contributed by atoms with van der Waals surface area (Å²) in [6.45, 7) is 9.46. The van der Waals surface area contributed by atoms with E-state index in [1.54, 1.807) is 36.4 Å². The Balaban J connectivity index is 1.92. The molecule has 7 heteroatoms. The van der Waals surface area contributed by atoms with Crippen LogP contribution in [0.15, 0.2) is 65.6 Å². The van der Waals surface area contributed by atoms with Crippen molar-refractivity contribution in [3.63, 3.8) is 0 Å². The third kappa shape index (κ3) is 5.57. The Bertz CT molecular complexity index is 1270. The number of hydrogen-bond donors (Lipinski definition) is 1. The second-order valence-corrected chi connectivity index (χ2v) is 10.6. The van der Waals surface area contributed by atoms with Crippen LogP contribution in [0.4, 0.5) is 5.69 Å². The van der Waals surface area contributed by atoms with Gasteiger partial charge in [0.2, 0.25) is 5.91 Å². The van der Waals surface area contributed by atoms with Gasteiger partial charge < -0.3 is 5.32 Å². The van der Waals surface area contributed by atoms with E-state index in [9.17, 15) is 13.2 Å². The maximum atomic E-state index is 13.5. The lowest BCUT2D eigenvalue weighted by molar-refractivity contribution is -0.120. The van der Waals surface area contributed by atoms with E-state index in [1.807, 2.05) is 34.6 Å². The molecule has 1 atom stereocenters. The first-order valence-electron chi connectivity index (χ1n) is 10.7. The minimum absolute atomic E-state index is 0.0962. The van der Waals surface area contributed by atoms with Crippen LogP contribution >= 0.6 is 11.6 Å². The van der Waals surface area contributed by atoms with Gasteiger partial charge in [0.1, 0.15) is 6.54 Å². The zero-order valence-electron chi connectivity index (χ0n) is 19.5. The van der Waals surface area contributed by atoms with Crippen LogP contribution in [0.5, 0.6) is 0 Å². The van der Waals surface area contributed by atoms with Crippen molar-refractivity contribution in [3.8, 4) is 0 Å². The van der Waals surface area contributed by atoms with Crippen LogP contribution < -0.4 is 9.62 Å². The molecule has 3 aromatic rings. The van der Waals surface area contributed by atoms with Crippen molar-refractivity contribution in [1.82, 2.24) is 5.32 Å². The van der Waals surface area contributed by atoms with Gasteiger partial charge in [-0.1, -0.05) is 53.6 Å². The number of aryl methyl sites for hydroxylation is 4. The van der Waals surface area contributed by atoms with Gasteiger partial charge in [-0.15, -0.1) is 0 Å². The molecule has 0 saturated carbocycles. The number of amides is 1. The first-order valence-corrected chi connectivity index (χ1v) is 12.5. The molecular weight excluding hydrogens is 456 g/mol. The molecule has 0 radical (unpaired) electrons. The number of anilines is 1. The van der Waals surface area contributed by atoms with Gasteiger partial charge >= 0.3 is 0 Å². The van der Waals surface area contributed by atoms with Crippen molar-refractivity contribution in [1.29, 1.82) is 0 Å². The molecule has 0 fully saturated rings. The minimum atomic E-state index is -4.02. The van der Waals surface area contributed by atoms with Crippen LogP contribution in [0.1, 0.15) is 40.8 Å². The Kier molecular flexibility index (Phi) is 7.50. The number of benzene rings is 3. The first kappa shape index (κ1) is 24.8. The standard InChI is InChI=1S/C26H29ClN2O3S/c1-17-10-12-22(13-11-17)33(31,32)29(25-9-7-6-8-24(25)27)16-26(30)28-21(5)23-15-19(3)18(2)14-20(23)4/h6-15,21H,16H2,1-5H3,(H,28,30)/t21-/m0/s1. The Morgan fingerprint density at radius 1 is 0.939 bits per heavy atom. The predicted molar refractivity (Wildman–Crippen MR) is 134 cm³/mol. The molecule has 0 aromatic heterocycles. The fourth-order valence-electron chi connectivity index (χ4n) is 3.74. The molecular formula is C26H29ClN2O3S. The molecule has 0 unspecified atom stereocenters. The Hall–Kier alpha value is -2.83. The highest BCUT2D eigenvalue weighted by molar-refractivity contribution is 7.92. The highest BCUT2D eigenvalue weighted by Crippen LogP contribution is 2.30. The summed E-state index contributed by atoms with van der Waals surface area (Å²) in [5.41, 5.74) is 5.58. The summed E-state index contributed by atoms with van der Waals surface area (Å²) in [4.78, 5) is 13.2. The van der Waals surface area contributed by atoms with Crippen molar-refractivity contribution in [2.24, 2.45) is 0 Å². The molecule has 0 aliphatic rings. The molecule has 174 valence electrons. The molecule has 1 amide bonds. The lowest BCUT2D eigenvalue weighted by Crippen LogP contribution is -2.41. The van der Waals surface area contributed by atoms with Gasteiger partial charge in [0.05, 0.1) is 21.6 Å². The van der Waals surface area contributed by atoms with E-state index >= 15 is 0 Å². The summed E-state index contributed by atoms with van der Waals surface area (Å²) in [7, 11) is -4.02. The predicted octanol–water partition coefficient (Wildman–Crippen LogP) is 5.65. The van der Waals surface area contributed by atoms with E-state index in [1.165, 1.54) is 17.7 Å². The molecule has 0 aliphatic carbocycles.